The van der Waals surface area contributed by atoms with E-state index in [1.54, 1.807) is 12.5 Å². The van der Waals surface area contributed by atoms with Gasteiger partial charge in [-0.3, -0.25) is 4.57 Å². The molecular formula is C15H17N7. The zero-order valence-electron chi connectivity index (χ0n) is 12.1. The number of aromatic nitrogens is 5. The molecule has 7 heteroatoms. The van der Waals surface area contributed by atoms with E-state index < -0.39 is 0 Å². The van der Waals surface area contributed by atoms with Crippen molar-refractivity contribution in [3.05, 3.63) is 37.2 Å². The van der Waals surface area contributed by atoms with Crippen LogP contribution in [0.15, 0.2) is 37.2 Å². The molecule has 112 valence electrons. The van der Waals surface area contributed by atoms with E-state index in [1.165, 1.54) is 6.33 Å². The number of anilines is 1. The van der Waals surface area contributed by atoms with E-state index in [0.29, 0.717) is 6.04 Å². The molecule has 2 N–H and O–H groups in total. The second-order valence-corrected chi connectivity index (χ2v) is 5.55. The third-order valence-electron chi connectivity index (χ3n) is 4.09. The van der Waals surface area contributed by atoms with Crippen molar-refractivity contribution in [2.24, 2.45) is 5.73 Å². The number of hydrogen-bond donors (Lipinski definition) is 1. The Labute approximate surface area is 127 Å². The van der Waals surface area contributed by atoms with E-state index in [1.807, 2.05) is 22.9 Å². The quantitative estimate of drug-likeness (QED) is 0.763. The average molecular weight is 295 g/mol. The zero-order chi connectivity index (χ0) is 14.9. The Morgan fingerprint density at radius 2 is 1.91 bits per heavy atom. The molecule has 22 heavy (non-hydrogen) atoms. The van der Waals surface area contributed by atoms with Crippen LogP contribution in [-0.4, -0.2) is 43.6 Å². The highest BCUT2D eigenvalue weighted by Crippen LogP contribution is 2.20. The van der Waals surface area contributed by atoms with Crippen molar-refractivity contribution < 1.29 is 0 Å². The summed E-state index contributed by atoms with van der Waals surface area (Å²) < 4.78 is 1.92. The Balaban J connectivity index is 1.62. The molecule has 7 nitrogen and oxygen atoms in total. The summed E-state index contributed by atoms with van der Waals surface area (Å²) in [5, 5.41) is 0. The van der Waals surface area contributed by atoms with Crippen LogP contribution < -0.4 is 10.6 Å². The van der Waals surface area contributed by atoms with Crippen molar-refractivity contribution in [2.75, 3.05) is 18.0 Å². The van der Waals surface area contributed by atoms with Crippen LogP contribution in [0.1, 0.15) is 12.8 Å². The van der Waals surface area contributed by atoms with E-state index in [9.17, 15) is 0 Å². The fraction of sp³-hybridized carbons (Fsp3) is 0.333. The van der Waals surface area contributed by atoms with Gasteiger partial charge in [-0.2, -0.15) is 0 Å². The van der Waals surface area contributed by atoms with Crippen molar-refractivity contribution in [2.45, 2.75) is 18.9 Å². The summed E-state index contributed by atoms with van der Waals surface area (Å²) in [5.74, 6) is 0.995. The zero-order valence-corrected chi connectivity index (χ0v) is 12.1. The van der Waals surface area contributed by atoms with Crippen LogP contribution in [0.5, 0.6) is 0 Å². The summed E-state index contributed by atoms with van der Waals surface area (Å²) in [6, 6.07) is 4.41. The number of piperidine rings is 1. The van der Waals surface area contributed by atoms with E-state index >= 15 is 0 Å². The number of pyridine rings is 1. The first-order valence-corrected chi connectivity index (χ1v) is 7.41. The van der Waals surface area contributed by atoms with Gasteiger partial charge in [-0.25, -0.2) is 19.9 Å². The molecule has 4 heterocycles. The summed E-state index contributed by atoms with van der Waals surface area (Å²) in [6.07, 6.45) is 8.87. The molecule has 3 aromatic heterocycles. The minimum Gasteiger partial charge on any atom is -0.357 e. The highest BCUT2D eigenvalue weighted by atomic mass is 15.2. The molecule has 0 bridgehead atoms. The standard InChI is InChI=1S/C15H17N7/c16-11-3-5-21(6-4-11)14-2-1-12(7-18-14)22-10-20-13-8-17-9-19-15(13)22/h1-2,7-11H,3-6,16H2. The molecule has 1 fully saturated rings. The molecule has 1 aliphatic heterocycles. The third-order valence-corrected chi connectivity index (χ3v) is 4.09. The Morgan fingerprint density at radius 3 is 2.68 bits per heavy atom. The van der Waals surface area contributed by atoms with Gasteiger partial charge >= 0.3 is 0 Å². The maximum absolute atomic E-state index is 5.95. The van der Waals surface area contributed by atoms with E-state index in [-0.39, 0.29) is 0 Å². The Bertz CT molecular complexity index is 772. The van der Waals surface area contributed by atoms with Gasteiger partial charge in [-0.1, -0.05) is 0 Å². The molecule has 4 rings (SSSR count). The number of nitrogens with zero attached hydrogens (tertiary/aromatic N) is 6. The van der Waals surface area contributed by atoms with Gasteiger partial charge in [0, 0.05) is 19.1 Å². The fourth-order valence-corrected chi connectivity index (χ4v) is 2.79. The van der Waals surface area contributed by atoms with Crippen molar-refractivity contribution in [3.63, 3.8) is 0 Å². The van der Waals surface area contributed by atoms with Gasteiger partial charge in [0.05, 0.1) is 18.1 Å². The van der Waals surface area contributed by atoms with Gasteiger partial charge in [0.25, 0.3) is 0 Å². The second kappa shape index (κ2) is 5.34. The summed E-state index contributed by atoms with van der Waals surface area (Å²) in [7, 11) is 0. The Kier molecular flexibility index (Phi) is 3.19. The highest BCUT2D eigenvalue weighted by Gasteiger charge is 2.17. The van der Waals surface area contributed by atoms with Crippen LogP contribution in [0, 0.1) is 0 Å². The summed E-state index contributed by atoms with van der Waals surface area (Å²) in [6.45, 7) is 1.93. The van der Waals surface area contributed by atoms with Crippen LogP contribution in [0.2, 0.25) is 0 Å². The lowest BCUT2D eigenvalue weighted by Crippen LogP contribution is -2.40. The lowest BCUT2D eigenvalue weighted by molar-refractivity contribution is 0.498. The number of rotatable bonds is 2. The Hall–Kier alpha value is -2.54. The molecular weight excluding hydrogens is 278 g/mol. The minimum atomic E-state index is 0.326. The largest absolute Gasteiger partial charge is 0.357 e. The monoisotopic (exact) mass is 295 g/mol. The lowest BCUT2D eigenvalue weighted by Gasteiger charge is -2.31. The van der Waals surface area contributed by atoms with Crippen LogP contribution in [0.3, 0.4) is 0 Å². The van der Waals surface area contributed by atoms with E-state index in [0.717, 1.165) is 48.6 Å². The molecule has 0 aromatic carbocycles. The summed E-state index contributed by atoms with van der Waals surface area (Å²) in [4.78, 5) is 19.4. The number of fused-ring (bicyclic) bond motifs is 1. The van der Waals surface area contributed by atoms with E-state index in [4.69, 9.17) is 5.73 Å². The molecule has 1 aliphatic rings. The minimum absolute atomic E-state index is 0.326. The molecule has 0 radical (unpaired) electrons. The molecule has 0 spiro atoms. The van der Waals surface area contributed by atoms with Crippen molar-refractivity contribution in [3.8, 4) is 5.69 Å². The van der Waals surface area contributed by atoms with Gasteiger partial charge in [-0.05, 0) is 25.0 Å². The molecule has 3 aromatic rings. The van der Waals surface area contributed by atoms with Crippen molar-refractivity contribution >= 4 is 17.0 Å². The number of nitrogens with two attached hydrogens (primary N) is 1. The molecule has 0 amide bonds. The van der Waals surface area contributed by atoms with Gasteiger partial charge in [-0.15, -0.1) is 0 Å². The van der Waals surface area contributed by atoms with Gasteiger partial charge in [0.1, 0.15) is 24.0 Å². The normalized spacial score (nSPS) is 16.3. The second-order valence-electron chi connectivity index (χ2n) is 5.55. The predicted octanol–water partition coefficient (Wildman–Crippen LogP) is 1.14. The molecule has 0 atom stereocenters. The lowest BCUT2D eigenvalue weighted by atomic mass is 10.1. The first-order valence-electron chi connectivity index (χ1n) is 7.41. The summed E-state index contributed by atoms with van der Waals surface area (Å²) in [5.41, 5.74) is 8.45. The molecule has 0 saturated carbocycles. The molecule has 1 saturated heterocycles. The SMILES string of the molecule is NC1CCN(c2ccc(-n3cnc4cncnc43)cn2)CC1. The van der Waals surface area contributed by atoms with Crippen LogP contribution >= 0.6 is 0 Å². The van der Waals surface area contributed by atoms with Crippen LogP contribution in [0.25, 0.3) is 16.9 Å². The van der Waals surface area contributed by atoms with Gasteiger partial charge in [0.15, 0.2) is 5.65 Å². The number of hydrogen-bond acceptors (Lipinski definition) is 6. The van der Waals surface area contributed by atoms with E-state index in [2.05, 4.69) is 24.8 Å². The first kappa shape index (κ1) is 13.1. The number of imidazole rings is 1. The average Bonchev–Trinajstić information content (AvgIpc) is 3.00. The maximum atomic E-state index is 5.95. The van der Waals surface area contributed by atoms with Gasteiger partial charge < -0.3 is 10.6 Å². The summed E-state index contributed by atoms with van der Waals surface area (Å²) >= 11 is 0. The van der Waals surface area contributed by atoms with Gasteiger partial charge in [0.2, 0.25) is 0 Å². The first-order chi connectivity index (χ1) is 10.8. The Morgan fingerprint density at radius 1 is 1.05 bits per heavy atom. The predicted molar refractivity (Wildman–Crippen MR) is 83.9 cm³/mol. The highest BCUT2D eigenvalue weighted by molar-refractivity contribution is 5.71. The molecule has 0 aliphatic carbocycles. The fourth-order valence-electron chi connectivity index (χ4n) is 2.79. The maximum Gasteiger partial charge on any atom is 0.167 e. The van der Waals surface area contributed by atoms with Crippen molar-refractivity contribution in [1.29, 1.82) is 0 Å². The smallest absolute Gasteiger partial charge is 0.167 e. The van der Waals surface area contributed by atoms with Crippen LogP contribution in [-0.2, 0) is 0 Å². The third kappa shape index (κ3) is 2.29. The van der Waals surface area contributed by atoms with Crippen molar-refractivity contribution in [1.82, 2.24) is 24.5 Å². The molecule has 0 unspecified atom stereocenters. The topological polar surface area (TPSA) is 85.8 Å². The van der Waals surface area contributed by atoms with Crippen LogP contribution in [0.4, 0.5) is 5.82 Å².